The molecule has 0 heterocycles. The molecule has 2 aromatic rings. The number of rotatable bonds is 4. The molecular formula is C14H11Cl3N2O2. The molecule has 1 unspecified atom stereocenters. The summed E-state index contributed by atoms with van der Waals surface area (Å²) < 4.78 is 0. The van der Waals surface area contributed by atoms with Gasteiger partial charge in [-0.15, -0.1) is 0 Å². The zero-order valence-electron chi connectivity index (χ0n) is 10.9. The van der Waals surface area contributed by atoms with Crippen molar-refractivity contribution in [1.82, 2.24) is 0 Å². The topological polar surface area (TPSA) is 55.2 Å². The van der Waals surface area contributed by atoms with Crippen LogP contribution in [0.4, 0.5) is 11.4 Å². The van der Waals surface area contributed by atoms with Gasteiger partial charge in [0.05, 0.1) is 15.0 Å². The molecule has 0 saturated carbocycles. The molecule has 4 nitrogen and oxygen atoms in total. The molecule has 7 heteroatoms. The van der Waals surface area contributed by atoms with Crippen molar-refractivity contribution >= 4 is 46.2 Å². The second kappa shape index (κ2) is 6.52. The molecule has 0 spiro atoms. The zero-order valence-corrected chi connectivity index (χ0v) is 13.2. The second-order valence-electron chi connectivity index (χ2n) is 4.46. The van der Waals surface area contributed by atoms with Gasteiger partial charge in [0.25, 0.3) is 5.69 Å². The third-order valence-corrected chi connectivity index (χ3v) is 3.95. The van der Waals surface area contributed by atoms with E-state index in [1.807, 2.05) is 13.0 Å². The highest BCUT2D eigenvalue weighted by molar-refractivity contribution is 6.42. The fourth-order valence-electron chi connectivity index (χ4n) is 1.88. The van der Waals surface area contributed by atoms with Gasteiger partial charge in [0.15, 0.2) is 0 Å². The highest BCUT2D eigenvalue weighted by Gasteiger charge is 2.17. The largest absolute Gasteiger partial charge is 0.373 e. The fourth-order valence-corrected chi connectivity index (χ4v) is 2.35. The average Bonchev–Trinajstić information content (AvgIpc) is 2.43. The quantitative estimate of drug-likeness (QED) is 0.569. The number of anilines is 1. The number of halogens is 3. The van der Waals surface area contributed by atoms with Crippen molar-refractivity contribution in [2.45, 2.75) is 13.0 Å². The molecule has 0 aliphatic rings. The Kier molecular flexibility index (Phi) is 4.93. The third-order valence-electron chi connectivity index (χ3n) is 2.97. The molecule has 2 rings (SSSR count). The van der Waals surface area contributed by atoms with Crippen LogP contribution in [0.5, 0.6) is 0 Å². The number of nitrogens with one attached hydrogen (secondary N) is 1. The highest BCUT2D eigenvalue weighted by atomic mass is 35.5. The molecule has 0 fully saturated rings. The lowest BCUT2D eigenvalue weighted by atomic mass is 10.1. The van der Waals surface area contributed by atoms with Gasteiger partial charge in [0.1, 0.15) is 5.69 Å². The van der Waals surface area contributed by atoms with Gasteiger partial charge >= 0.3 is 0 Å². The van der Waals surface area contributed by atoms with Gasteiger partial charge in [0, 0.05) is 17.1 Å². The van der Waals surface area contributed by atoms with E-state index >= 15 is 0 Å². The number of hydrogen-bond donors (Lipinski definition) is 1. The Morgan fingerprint density at radius 3 is 2.43 bits per heavy atom. The molecule has 110 valence electrons. The Morgan fingerprint density at radius 2 is 1.81 bits per heavy atom. The molecule has 0 aliphatic heterocycles. The first-order valence-electron chi connectivity index (χ1n) is 6.04. The highest BCUT2D eigenvalue weighted by Crippen LogP contribution is 2.32. The maximum atomic E-state index is 11.1. The lowest BCUT2D eigenvalue weighted by Gasteiger charge is -2.16. The lowest BCUT2D eigenvalue weighted by Crippen LogP contribution is -2.08. The van der Waals surface area contributed by atoms with Gasteiger partial charge in [0.2, 0.25) is 0 Å². The predicted molar refractivity (Wildman–Crippen MR) is 86.6 cm³/mol. The summed E-state index contributed by atoms with van der Waals surface area (Å²) in [6.07, 6.45) is 0. The van der Waals surface area contributed by atoms with Crippen LogP contribution in [0.2, 0.25) is 15.1 Å². The smallest absolute Gasteiger partial charge is 0.293 e. The lowest BCUT2D eigenvalue weighted by molar-refractivity contribution is -0.384. The molecule has 1 atom stereocenters. The van der Waals surface area contributed by atoms with Gasteiger partial charge in [-0.25, -0.2) is 0 Å². The first-order valence-corrected chi connectivity index (χ1v) is 7.17. The van der Waals surface area contributed by atoms with E-state index in [9.17, 15) is 10.1 Å². The standard InChI is InChI=1S/C14H11Cl3N2O2/c1-8(9-2-4-11(16)12(17)6-9)18-13-5-3-10(15)7-14(13)19(20)21/h2-8,18H,1H3. The summed E-state index contributed by atoms with van der Waals surface area (Å²) in [5.74, 6) is 0. The maximum absolute atomic E-state index is 11.1. The molecule has 0 bridgehead atoms. The van der Waals surface area contributed by atoms with Crippen LogP contribution in [-0.4, -0.2) is 4.92 Å². The minimum absolute atomic E-state index is 0.0746. The molecular weight excluding hydrogens is 335 g/mol. The molecule has 0 saturated heterocycles. The van der Waals surface area contributed by atoms with E-state index in [0.29, 0.717) is 20.8 Å². The molecule has 0 aliphatic carbocycles. The Balaban J connectivity index is 2.29. The Bertz CT molecular complexity index is 692. The molecule has 0 radical (unpaired) electrons. The Hall–Kier alpha value is -1.49. The van der Waals surface area contributed by atoms with E-state index < -0.39 is 4.92 Å². The van der Waals surface area contributed by atoms with E-state index in [1.54, 1.807) is 24.3 Å². The summed E-state index contributed by atoms with van der Waals surface area (Å²) in [5, 5.41) is 15.4. The van der Waals surface area contributed by atoms with Gasteiger partial charge in [-0.3, -0.25) is 10.1 Å². The van der Waals surface area contributed by atoms with Gasteiger partial charge < -0.3 is 5.32 Å². The van der Waals surface area contributed by atoms with Crippen LogP contribution >= 0.6 is 34.8 Å². The van der Waals surface area contributed by atoms with Crippen LogP contribution in [0.25, 0.3) is 0 Å². The van der Waals surface area contributed by atoms with Crippen molar-refractivity contribution < 1.29 is 4.92 Å². The van der Waals surface area contributed by atoms with Crippen molar-refractivity contribution in [3.63, 3.8) is 0 Å². The van der Waals surface area contributed by atoms with Crippen LogP contribution in [-0.2, 0) is 0 Å². The Morgan fingerprint density at radius 1 is 1.10 bits per heavy atom. The van der Waals surface area contributed by atoms with E-state index in [1.165, 1.54) is 6.07 Å². The minimum atomic E-state index is -0.476. The number of nitrogens with zero attached hydrogens (tertiary/aromatic N) is 1. The summed E-state index contributed by atoms with van der Waals surface area (Å²) in [4.78, 5) is 10.6. The van der Waals surface area contributed by atoms with Crippen LogP contribution in [0.15, 0.2) is 36.4 Å². The first-order chi connectivity index (χ1) is 9.88. The van der Waals surface area contributed by atoms with Crippen LogP contribution in [0.1, 0.15) is 18.5 Å². The zero-order chi connectivity index (χ0) is 15.6. The van der Waals surface area contributed by atoms with E-state index in [0.717, 1.165) is 5.56 Å². The maximum Gasteiger partial charge on any atom is 0.293 e. The molecule has 0 aromatic heterocycles. The summed E-state index contributed by atoms with van der Waals surface area (Å²) >= 11 is 17.6. The van der Waals surface area contributed by atoms with Crippen molar-refractivity contribution in [3.05, 3.63) is 67.1 Å². The SMILES string of the molecule is CC(Nc1ccc(Cl)cc1[N+](=O)[O-])c1ccc(Cl)c(Cl)c1. The predicted octanol–water partition coefficient (Wildman–Crippen LogP) is 5.73. The number of nitro groups is 1. The third kappa shape index (κ3) is 3.79. The average molecular weight is 346 g/mol. The van der Waals surface area contributed by atoms with Crippen molar-refractivity contribution in [1.29, 1.82) is 0 Å². The molecule has 0 amide bonds. The Labute approximate surface area is 136 Å². The number of nitro benzene ring substituents is 1. The van der Waals surface area contributed by atoms with Gasteiger partial charge in [-0.2, -0.15) is 0 Å². The van der Waals surface area contributed by atoms with Crippen molar-refractivity contribution in [2.75, 3.05) is 5.32 Å². The van der Waals surface area contributed by atoms with E-state index in [-0.39, 0.29) is 11.7 Å². The van der Waals surface area contributed by atoms with Gasteiger partial charge in [-0.1, -0.05) is 40.9 Å². The van der Waals surface area contributed by atoms with Crippen molar-refractivity contribution in [3.8, 4) is 0 Å². The summed E-state index contributed by atoms with van der Waals surface area (Å²) in [7, 11) is 0. The normalized spacial score (nSPS) is 12.0. The van der Waals surface area contributed by atoms with Crippen LogP contribution in [0, 0.1) is 10.1 Å². The first kappa shape index (κ1) is 15.9. The van der Waals surface area contributed by atoms with Crippen LogP contribution in [0.3, 0.4) is 0 Å². The number of hydrogen-bond acceptors (Lipinski definition) is 3. The summed E-state index contributed by atoms with van der Waals surface area (Å²) in [5.41, 5.74) is 1.19. The van der Waals surface area contributed by atoms with Crippen molar-refractivity contribution in [2.24, 2.45) is 0 Å². The molecule has 1 N–H and O–H groups in total. The monoisotopic (exact) mass is 344 g/mol. The minimum Gasteiger partial charge on any atom is -0.373 e. The van der Waals surface area contributed by atoms with E-state index in [4.69, 9.17) is 34.8 Å². The van der Waals surface area contributed by atoms with E-state index in [2.05, 4.69) is 5.32 Å². The molecule has 2 aromatic carbocycles. The molecule has 21 heavy (non-hydrogen) atoms. The number of benzene rings is 2. The van der Waals surface area contributed by atoms with Gasteiger partial charge in [-0.05, 0) is 36.8 Å². The van der Waals surface area contributed by atoms with Crippen LogP contribution < -0.4 is 5.32 Å². The summed E-state index contributed by atoms with van der Waals surface area (Å²) in [6.45, 7) is 1.87. The summed E-state index contributed by atoms with van der Waals surface area (Å²) in [6, 6.07) is 9.53. The fraction of sp³-hybridized carbons (Fsp3) is 0.143. The second-order valence-corrected chi connectivity index (χ2v) is 5.71.